The first-order valence-electron chi connectivity index (χ1n) is 4.32. The van der Waals surface area contributed by atoms with Crippen molar-refractivity contribution in [1.82, 2.24) is 0 Å². The second-order valence-electron chi connectivity index (χ2n) is 2.62. The molecule has 3 heteroatoms. The Kier molecular flexibility index (Phi) is 7.65. The molecule has 0 atom stereocenters. The molecule has 69 valence electrons. The minimum Gasteiger partial charge on any atom is -0.457 e. The van der Waals surface area contributed by atoms with Gasteiger partial charge in [0.05, 0.1) is 0 Å². The first kappa shape index (κ1) is 11.1. The second kappa shape index (κ2) is 8.24. The summed E-state index contributed by atoms with van der Waals surface area (Å²) in [6.45, 7) is 1.88. The highest BCUT2D eigenvalue weighted by molar-refractivity contribution is 5.71. The van der Waals surface area contributed by atoms with Crippen LogP contribution in [-0.4, -0.2) is 18.9 Å². The van der Waals surface area contributed by atoms with Crippen molar-refractivity contribution >= 4 is 12.3 Å². The zero-order valence-electron chi connectivity index (χ0n) is 7.47. The Morgan fingerprint density at radius 3 is 2.67 bits per heavy atom. The number of unbranched alkanes of at least 4 members (excludes halogenated alkanes) is 3. The highest BCUT2D eigenvalue weighted by Crippen LogP contribution is 2.02. The fourth-order valence-electron chi connectivity index (χ4n) is 0.878. The number of ether oxygens (including phenoxy) is 1. The number of carbonyl (C=O) groups excluding carboxylic acids is 2. The molecule has 0 rings (SSSR count). The third-order valence-electron chi connectivity index (χ3n) is 1.53. The molecule has 0 aromatic heterocycles. The zero-order chi connectivity index (χ0) is 9.23. The topological polar surface area (TPSA) is 43.4 Å². The van der Waals surface area contributed by atoms with Gasteiger partial charge < -0.3 is 4.74 Å². The SMILES string of the molecule is CCCCCCC(=O)OC[C]=O. The van der Waals surface area contributed by atoms with Gasteiger partial charge in [-0.2, -0.15) is 0 Å². The summed E-state index contributed by atoms with van der Waals surface area (Å²) >= 11 is 0. The molecule has 0 aromatic rings. The smallest absolute Gasteiger partial charge is 0.306 e. The van der Waals surface area contributed by atoms with E-state index in [0.29, 0.717) is 6.42 Å². The standard InChI is InChI=1S/C9H15O3/c1-2-3-4-5-6-9(11)12-8-7-10/h2-6,8H2,1H3. The third-order valence-corrected chi connectivity index (χ3v) is 1.53. The molecular weight excluding hydrogens is 156 g/mol. The Morgan fingerprint density at radius 2 is 2.08 bits per heavy atom. The van der Waals surface area contributed by atoms with Gasteiger partial charge >= 0.3 is 5.97 Å². The summed E-state index contributed by atoms with van der Waals surface area (Å²) in [7, 11) is 0. The number of hydrogen-bond donors (Lipinski definition) is 0. The van der Waals surface area contributed by atoms with E-state index in [1.165, 1.54) is 6.29 Å². The molecule has 0 fully saturated rings. The molecule has 0 bridgehead atoms. The molecule has 3 nitrogen and oxygen atoms in total. The van der Waals surface area contributed by atoms with Crippen LogP contribution in [0.1, 0.15) is 39.0 Å². The van der Waals surface area contributed by atoms with E-state index in [1.54, 1.807) is 0 Å². The van der Waals surface area contributed by atoms with Gasteiger partial charge in [0.2, 0.25) is 6.29 Å². The molecule has 0 spiro atoms. The van der Waals surface area contributed by atoms with Crippen molar-refractivity contribution in [3.63, 3.8) is 0 Å². The molecule has 0 N–H and O–H groups in total. The van der Waals surface area contributed by atoms with Gasteiger partial charge in [-0.05, 0) is 6.42 Å². The van der Waals surface area contributed by atoms with Gasteiger partial charge in [-0.25, -0.2) is 0 Å². The third kappa shape index (κ3) is 7.25. The van der Waals surface area contributed by atoms with Crippen molar-refractivity contribution in [2.45, 2.75) is 39.0 Å². The average molecular weight is 171 g/mol. The molecule has 0 aliphatic heterocycles. The zero-order valence-corrected chi connectivity index (χ0v) is 7.47. The van der Waals surface area contributed by atoms with E-state index in [2.05, 4.69) is 11.7 Å². The molecule has 0 aliphatic rings. The van der Waals surface area contributed by atoms with Gasteiger partial charge in [0.25, 0.3) is 0 Å². The lowest BCUT2D eigenvalue weighted by Gasteiger charge is -1.99. The first-order chi connectivity index (χ1) is 5.81. The van der Waals surface area contributed by atoms with Gasteiger partial charge in [0, 0.05) is 6.42 Å². The van der Waals surface area contributed by atoms with E-state index in [0.717, 1.165) is 25.7 Å². The Balaban J connectivity index is 3.13. The Labute approximate surface area is 73.1 Å². The summed E-state index contributed by atoms with van der Waals surface area (Å²) in [5.74, 6) is -0.297. The van der Waals surface area contributed by atoms with Crippen LogP contribution < -0.4 is 0 Å². The largest absolute Gasteiger partial charge is 0.457 e. The lowest BCUT2D eigenvalue weighted by atomic mass is 10.2. The van der Waals surface area contributed by atoms with Crippen LogP contribution in [0, 0.1) is 0 Å². The minimum absolute atomic E-state index is 0.230. The van der Waals surface area contributed by atoms with Crippen LogP contribution in [0.2, 0.25) is 0 Å². The lowest BCUT2D eigenvalue weighted by Crippen LogP contribution is -2.05. The number of rotatable bonds is 7. The fourth-order valence-corrected chi connectivity index (χ4v) is 0.878. The molecule has 0 aliphatic carbocycles. The van der Waals surface area contributed by atoms with E-state index in [1.807, 2.05) is 0 Å². The van der Waals surface area contributed by atoms with Gasteiger partial charge in [0.1, 0.15) is 0 Å². The predicted molar refractivity (Wildman–Crippen MR) is 45.4 cm³/mol. The van der Waals surface area contributed by atoms with E-state index in [-0.39, 0.29) is 12.6 Å². The number of carbonyl (C=O) groups is 1. The minimum atomic E-state index is -0.297. The molecule has 0 unspecified atom stereocenters. The van der Waals surface area contributed by atoms with Crippen molar-refractivity contribution in [3.8, 4) is 0 Å². The van der Waals surface area contributed by atoms with Gasteiger partial charge in [-0.15, -0.1) is 0 Å². The average Bonchev–Trinajstić information content (AvgIpc) is 2.09. The van der Waals surface area contributed by atoms with Crippen molar-refractivity contribution < 1.29 is 14.3 Å². The van der Waals surface area contributed by atoms with E-state index in [9.17, 15) is 9.59 Å². The number of esters is 1. The summed E-state index contributed by atoms with van der Waals surface area (Å²) in [4.78, 5) is 20.4. The maximum atomic E-state index is 10.8. The van der Waals surface area contributed by atoms with Crippen LogP contribution in [0.25, 0.3) is 0 Å². The molecular formula is C9H15O3. The Bertz CT molecular complexity index is 132. The maximum absolute atomic E-state index is 10.8. The van der Waals surface area contributed by atoms with Crippen molar-refractivity contribution in [1.29, 1.82) is 0 Å². The predicted octanol–water partition coefficient (Wildman–Crippen LogP) is 1.61. The molecule has 0 saturated heterocycles. The molecule has 0 saturated carbocycles. The van der Waals surface area contributed by atoms with Crippen LogP contribution in [0.4, 0.5) is 0 Å². The van der Waals surface area contributed by atoms with Crippen molar-refractivity contribution in [3.05, 3.63) is 0 Å². The second-order valence-corrected chi connectivity index (χ2v) is 2.62. The summed E-state index contributed by atoms with van der Waals surface area (Å²) in [6.07, 6.45) is 6.13. The Morgan fingerprint density at radius 1 is 1.33 bits per heavy atom. The van der Waals surface area contributed by atoms with Crippen molar-refractivity contribution in [2.24, 2.45) is 0 Å². The first-order valence-corrected chi connectivity index (χ1v) is 4.32. The summed E-state index contributed by atoms with van der Waals surface area (Å²) < 4.78 is 4.51. The highest BCUT2D eigenvalue weighted by atomic mass is 16.5. The number of hydrogen-bond acceptors (Lipinski definition) is 3. The van der Waals surface area contributed by atoms with Crippen molar-refractivity contribution in [2.75, 3.05) is 6.61 Å². The Hall–Kier alpha value is -0.860. The molecule has 0 amide bonds. The lowest BCUT2D eigenvalue weighted by molar-refractivity contribution is -0.142. The molecule has 0 heterocycles. The molecule has 12 heavy (non-hydrogen) atoms. The molecule has 0 aromatic carbocycles. The highest BCUT2D eigenvalue weighted by Gasteiger charge is 2.00. The normalized spacial score (nSPS) is 9.42. The van der Waals surface area contributed by atoms with Gasteiger partial charge in [-0.3, -0.25) is 9.59 Å². The molecule has 1 radical (unpaired) electrons. The van der Waals surface area contributed by atoms with Gasteiger partial charge in [0.15, 0.2) is 6.61 Å². The summed E-state index contributed by atoms with van der Waals surface area (Å²) in [5.41, 5.74) is 0. The fraction of sp³-hybridized carbons (Fsp3) is 0.778. The van der Waals surface area contributed by atoms with Crippen LogP contribution >= 0.6 is 0 Å². The van der Waals surface area contributed by atoms with E-state index in [4.69, 9.17) is 0 Å². The van der Waals surface area contributed by atoms with Crippen LogP contribution in [0.5, 0.6) is 0 Å². The van der Waals surface area contributed by atoms with Gasteiger partial charge in [-0.1, -0.05) is 26.2 Å². The van der Waals surface area contributed by atoms with Crippen LogP contribution in [0.3, 0.4) is 0 Å². The summed E-state index contributed by atoms with van der Waals surface area (Å²) in [5, 5.41) is 0. The quantitative estimate of drug-likeness (QED) is 0.431. The monoisotopic (exact) mass is 171 g/mol. The van der Waals surface area contributed by atoms with E-state index < -0.39 is 0 Å². The van der Waals surface area contributed by atoms with Crippen LogP contribution in [-0.2, 0) is 14.3 Å². The van der Waals surface area contributed by atoms with Crippen LogP contribution in [0.15, 0.2) is 0 Å². The maximum Gasteiger partial charge on any atom is 0.306 e. The van der Waals surface area contributed by atoms with E-state index >= 15 is 0 Å². The summed E-state index contributed by atoms with van der Waals surface area (Å²) in [6, 6.07) is 0.